The van der Waals surface area contributed by atoms with E-state index in [1.165, 1.54) is 28.1 Å². The number of sulfonamides is 1. The lowest BCUT2D eigenvalue weighted by molar-refractivity contribution is 0.0618. The second kappa shape index (κ2) is 18.0. The van der Waals surface area contributed by atoms with Crippen LogP contribution in [-0.2, 0) is 16.4 Å². The molecule has 0 saturated carbocycles. The van der Waals surface area contributed by atoms with Crippen LogP contribution >= 0.6 is 0 Å². The molecule has 12 heteroatoms. The summed E-state index contributed by atoms with van der Waals surface area (Å²) in [6, 6.07) is 12.9. The highest BCUT2D eigenvalue weighted by Crippen LogP contribution is 2.17. The predicted octanol–water partition coefficient (Wildman–Crippen LogP) is 3.31. The minimum Gasteiger partial charge on any atom is -0.390 e. The summed E-state index contributed by atoms with van der Waals surface area (Å²) in [6.45, 7) is 10.3. The summed E-state index contributed by atoms with van der Waals surface area (Å²) in [6.07, 6.45) is 1.23. The van der Waals surface area contributed by atoms with Crippen molar-refractivity contribution in [1.82, 2.24) is 25.0 Å². The third-order valence-electron chi connectivity index (χ3n) is 7.23. The summed E-state index contributed by atoms with van der Waals surface area (Å²) in [5.41, 5.74) is 1.39. The lowest BCUT2D eigenvalue weighted by atomic mass is 9.99. The molecule has 0 aliphatic rings. The van der Waals surface area contributed by atoms with Crippen LogP contribution in [0.15, 0.2) is 48.5 Å². The standard InChI is InChI=1S/C33H51N5O6S/c1-8-16-37(17-9-2)33(42)28-21-26(20-27(22-28)32(41)36(6)7)31(40)34-29(19-25-14-12-11-13-15-25)30(39)23-38(18-10-3)35-45(43,44)24(4)5/h11-15,20-22,24,29-30,35,39H,8-10,16-19,23H2,1-7H3,(H,34,40). The topological polar surface area (TPSA) is 139 Å². The second-order valence-corrected chi connectivity index (χ2v) is 14.0. The number of rotatable bonds is 18. The minimum atomic E-state index is -3.66. The number of hydrazine groups is 1. The minimum absolute atomic E-state index is 0.0799. The highest BCUT2D eigenvalue weighted by atomic mass is 32.2. The highest BCUT2D eigenvalue weighted by Gasteiger charge is 2.28. The summed E-state index contributed by atoms with van der Waals surface area (Å²) >= 11 is 0. The van der Waals surface area contributed by atoms with Crippen molar-refractivity contribution in [2.24, 2.45) is 0 Å². The van der Waals surface area contributed by atoms with E-state index in [1.807, 2.05) is 51.1 Å². The van der Waals surface area contributed by atoms with E-state index in [9.17, 15) is 27.9 Å². The normalized spacial score (nSPS) is 13.0. The Morgan fingerprint density at radius 2 is 1.36 bits per heavy atom. The largest absolute Gasteiger partial charge is 0.390 e. The number of amides is 3. The molecule has 11 nitrogen and oxygen atoms in total. The number of benzene rings is 2. The fourth-order valence-corrected chi connectivity index (χ4v) is 5.52. The first kappa shape index (κ1) is 37.9. The van der Waals surface area contributed by atoms with Gasteiger partial charge in [-0.15, -0.1) is 4.83 Å². The number of hydrogen-bond acceptors (Lipinski definition) is 7. The Hall–Kier alpha value is -3.32. The monoisotopic (exact) mass is 645 g/mol. The number of hydrogen-bond donors (Lipinski definition) is 3. The van der Waals surface area contributed by atoms with Crippen LogP contribution in [0.5, 0.6) is 0 Å². The van der Waals surface area contributed by atoms with Gasteiger partial charge in [-0.3, -0.25) is 14.4 Å². The van der Waals surface area contributed by atoms with E-state index in [0.717, 1.165) is 18.4 Å². The molecular weight excluding hydrogens is 594 g/mol. The first-order valence-corrected chi connectivity index (χ1v) is 17.2. The van der Waals surface area contributed by atoms with E-state index in [-0.39, 0.29) is 41.5 Å². The van der Waals surface area contributed by atoms with Crippen LogP contribution in [0.2, 0.25) is 0 Å². The number of aliphatic hydroxyl groups is 1. The van der Waals surface area contributed by atoms with Crippen LogP contribution in [0.25, 0.3) is 0 Å². The highest BCUT2D eigenvalue weighted by molar-refractivity contribution is 7.90. The van der Waals surface area contributed by atoms with Gasteiger partial charge in [0.25, 0.3) is 17.7 Å². The molecule has 3 N–H and O–H groups in total. The molecule has 0 aliphatic carbocycles. The van der Waals surface area contributed by atoms with Crippen molar-refractivity contribution >= 4 is 27.7 Å². The SMILES string of the molecule is CCCN(CC(O)C(Cc1ccccc1)NC(=O)c1cc(C(=O)N(C)C)cc(C(=O)N(CCC)CCC)c1)NS(=O)(=O)C(C)C. The van der Waals surface area contributed by atoms with Gasteiger partial charge in [-0.2, -0.15) is 0 Å². The van der Waals surface area contributed by atoms with Gasteiger partial charge in [-0.25, -0.2) is 13.4 Å². The van der Waals surface area contributed by atoms with Crippen molar-refractivity contribution in [1.29, 1.82) is 0 Å². The Morgan fingerprint density at radius 3 is 1.87 bits per heavy atom. The Labute approximate surface area is 269 Å². The molecule has 0 spiro atoms. The van der Waals surface area contributed by atoms with Gasteiger partial charge in [0.1, 0.15) is 0 Å². The fraction of sp³-hybridized carbons (Fsp3) is 0.545. The Bertz CT molecular complexity index is 1360. The van der Waals surface area contributed by atoms with Gasteiger partial charge in [-0.1, -0.05) is 51.1 Å². The molecule has 2 aromatic rings. The van der Waals surface area contributed by atoms with Crippen LogP contribution in [-0.4, -0.2) is 104 Å². The number of carbonyl (C=O) groups is 3. The lowest BCUT2D eigenvalue weighted by Gasteiger charge is -2.30. The van der Waals surface area contributed by atoms with Gasteiger partial charge in [-0.05, 0) is 63.3 Å². The van der Waals surface area contributed by atoms with E-state index in [1.54, 1.807) is 32.8 Å². The predicted molar refractivity (Wildman–Crippen MR) is 177 cm³/mol. The summed E-state index contributed by atoms with van der Waals surface area (Å²) < 4.78 is 25.2. The van der Waals surface area contributed by atoms with Crippen molar-refractivity contribution in [2.45, 2.75) is 77.7 Å². The average Bonchev–Trinajstić information content (AvgIpc) is 2.99. The maximum atomic E-state index is 13.8. The number of carbonyl (C=O) groups excluding carboxylic acids is 3. The fourth-order valence-electron chi connectivity index (χ4n) is 4.79. The van der Waals surface area contributed by atoms with Crippen molar-refractivity contribution in [3.8, 4) is 0 Å². The van der Waals surface area contributed by atoms with Crippen LogP contribution in [0.3, 0.4) is 0 Å². The van der Waals surface area contributed by atoms with Gasteiger partial charge in [0.15, 0.2) is 0 Å². The third kappa shape index (κ3) is 11.5. The van der Waals surface area contributed by atoms with Crippen molar-refractivity contribution in [2.75, 3.05) is 40.3 Å². The van der Waals surface area contributed by atoms with E-state index < -0.39 is 33.3 Å². The average molecular weight is 646 g/mol. The van der Waals surface area contributed by atoms with Gasteiger partial charge < -0.3 is 20.2 Å². The Morgan fingerprint density at radius 1 is 0.822 bits per heavy atom. The summed E-state index contributed by atoms with van der Waals surface area (Å²) in [5.74, 6) is -1.20. The molecule has 2 unspecified atom stereocenters. The Kier molecular flexibility index (Phi) is 15.1. The van der Waals surface area contributed by atoms with Crippen LogP contribution in [0.1, 0.15) is 90.5 Å². The number of nitrogens with zero attached hydrogens (tertiary/aromatic N) is 3. The molecule has 2 rings (SSSR count). The molecule has 0 heterocycles. The van der Waals surface area contributed by atoms with Crippen molar-refractivity contribution < 1.29 is 27.9 Å². The second-order valence-electron chi connectivity index (χ2n) is 11.8. The van der Waals surface area contributed by atoms with E-state index in [0.29, 0.717) is 26.1 Å². The summed E-state index contributed by atoms with van der Waals surface area (Å²) in [5, 5.41) is 15.1. The third-order valence-corrected chi connectivity index (χ3v) is 8.98. The van der Waals surface area contributed by atoms with Gasteiger partial charge in [0.2, 0.25) is 10.0 Å². The summed E-state index contributed by atoms with van der Waals surface area (Å²) in [7, 11) is -0.467. The molecule has 0 fully saturated rings. The van der Waals surface area contributed by atoms with Gasteiger partial charge in [0, 0.05) is 57.0 Å². The van der Waals surface area contributed by atoms with E-state index in [4.69, 9.17) is 0 Å². The first-order chi connectivity index (χ1) is 21.2. The quantitative estimate of drug-likeness (QED) is 0.212. The van der Waals surface area contributed by atoms with Crippen LogP contribution in [0.4, 0.5) is 0 Å². The Balaban J connectivity index is 2.49. The molecule has 250 valence electrons. The number of nitrogens with one attached hydrogen (secondary N) is 2. The molecule has 45 heavy (non-hydrogen) atoms. The van der Waals surface area contributed by atoms with Crippen LogP contribution in [0, 0.1) is 0 Å². The van der Waals surface area contributed by atoms with Gasteiger partial charge in [0.05, 0.1) is 17.4 Å². The molecule has 0 bridgehead atoms. The molecule has 0 aromatic heterocycles. The van der Waals surface area contributed by atoms with E-state index in [2.05, 4.69) is 10.1 Å². The molecule has 2 atom stereocenters. The molecule has 0 radical (unpaired) electrons. The maximum absolute atomic E-state index is 13.8. The molecule has 2 aromatic carbocycles. The smallest absolute Gasteiger partial charge is 0.253 e. The molecule has 0 aliphatic heterocycles. The lowest BCUT2D eigenvalue weighted by Crippen LogP contribution is -2.54. The zero-order chi connectivity index (χ0) is 33.7. The number of aliphatic hydroxyl groups excluding tert-OH is 1. The summed E-state index contributed by atoms with van der Waals surface area (Å²) in [4.78, 5) is 46.0. The molecule has 3 amide bonds. The van der Waals surface area contributed by atoms with Crippen molar-refractivity contribution in [3.05, 3.63) is 70.8 Å². The molecule has 0 saturated heterocycles. The molecular formula is C33H51N5O6S. The maximum Gasteiger partial charge on any atom is 0.253 e. The van der Waals surface area contributed by atoms with Crippen LogP contribution < -0.4 is 10.1 Å². The van der Waals surface area contributed by atoms with Crippen molar-refractivity contribution in [3.63, 3.8) is 0 Å². The zero-order valence-corrected chi connectivity index (χ0v) is 28.6. The zero-order valence-electron chi connectivity index (χ0n) is 27.7. The first-order valence-electron chi connectivity index (χ1n) is 15.7. The van der Waals surface area contributed by atoms with E-state index >= 15 is 0 Å². The van der Waals surface area contributed by atoms with Gasteiger partial charge >= 0.3 is 0 Å².